The first-order valence-corrected chi connectivity index (χ1v) is 2.68. The molecule has 0 heterocycles. The molecule has 2 N–H and O–H groups in total. The predicted molar refractivity (Wildman–Crippen MR) is 42.3 cm³/mol. The highest BCUT2D eigenvalue weighted by Gasteiger charge is 2.01. The van der Waals surface area contributed by atoms with Crippen LogP contribution in [0.4, 0.5) is 0 Å². The molecule has 0 saturated heterocycles. The lowest BCUT2D eigenvalue weighted by molar-refractivity contribution is 0.824. The van der Waals surface area contributed by atoms with Gasteiger partial charge in [-0.15, -0.1) is 50.5 Å². The third-order valence-corrected chi connectivity index (χ3v) is 0. The van der Waals surface area contributed by atoms with Crippen LogP contribution >= 0.6 is 50.5 Å². The van der Waals surface area contributed by atoms with Gasteiger partial charge in [0.2, 0.25) is 0 Å². The summed E-state index contributed by atoms with van der Waals surface area (Å²) in [7, 11) is 0. The summed E-state index contributed by atoms with van der Waals surface area (Å²) in [6, 6.07) is 0. The molecule has 0 aromatic heterocycles. The summed E-state index contributed by atoms with van der Waals surface area (Å²) in [5, 5.41) is 0. The third kappa shape index (κ3) is 55.1. The van der Waals surface area contributed by atoms with Crippen LogP contribution in [0.25, 0.3) is 0 Å². The molecular formula is CH6OS4. The molecule has 0 atom stereocenters. The Labute approximate surface area is 58.8 Å². The summed E-state index contributed by atoms with van der Waals surface area (Å²) in [5.41, 5.74) is 0. The summed E-state index contributed by atoms with van der Waals surface area (Å²) >= 11 is 14.9. The lowest BCUT2D eigenvalue weighted by atomic mass is 11.8. The molecule has 0 rings (SSSR count). The Balaban J connectivity index is 0. The Morgan fingerprint density at radius 2 is 0.833 bits per heavy atom. The van der Waals surface area contributed by atoms with Crippen molar-refractivity contribution in [1.29, 1.82) is 0 Å². The van der Waals surface area contributed by atoms with Gasteiger partial charge in [-0.3, -0.25) is 0 Å². The largest absolute Gasteiger partial charge is 0.412 e. The van der Waals surface area contributed by atoms with Gasteiger partial charge in [0.15, 0.2) is 0 Å². The van der Waals surface area contributed by atoms with Crippen molar-refractivity contribution >= 4 is 50.5 Å². The van der Waals surface area contributed by atoms with Crippen molar-refractivity contribution < 1.29 is 5.48 Å². The minimum atomic E-state index is -0.722. The van der Waals surface area contributed by atoms with E-state index in [2.05, 4.69) is 50.5 Å². The van der Waals surface area contributed by atoms with Crippen LogP contribution in [0.1, 0.15) is 0 Å². The van der Waals surface area contributed by atoms with Gasteiger partial charge in [-0.05, 0) is 0 Å². The molecule has 0 fully saturated rings. The summed E-state index contributed by atoms with van der Waals surface area (Å²) in [6.45, 7) is 0. The number of hydrogen-bond acceptors (Lipinski definition) is 4. The van der Waals surface area contributed by atoms with E-state index in [1.807, 2.05) is 0 Å². The van der Waals surface area contributed by atoms with Gasteiger partial charge in [0.05, 0.1) is 0 Å². The van der Waals surface area contributed by atoms with Gasteiger partial charge in [0.1, 0.15) is 2.74 Å². The fraction of sp³-hybridized carbons (Fsp3) is 1.00. The lowest BCUT2D eigenvalue weighted by Gasteiger charge is -2.00. The number of hydrogen-bond donors (Lipinski definition) is 4. The van der Waals surface area contributed by atoms with Crippen molar-refractivity contribution in [3.63, 3.8) is 0 Å². The first-order valence-electron chi connectivity index (χ1n) is 0.894. The Morgan fingerprint density at radius 3 is 0.833 bits per heavy atom. The van der Waals surface area contributed by atoms with Crippen LogP contribution in [0, 0.1) is 0 Å². The molecule has 0 aromatic carbocycles. The van der Waals surface area contributed by atoms with E-state index in [1.54, 1.807) is 0 Å². The third-order valence-electron chi connectivity index (χ3n) is 0. The van der Waals surface area contributed by atoms with E-state index < -0.39 is 2.74 Å². The molecule has 0 saturated carbocycles. The van der Waals surface area contributed by atoms with Crippen LogP contribution in [-0.4, -0.2) is 8.22 Å². The molecule has 40 valence electrons. The Bertz CT molecular complexity index is 23.0. The molecule has 0 amide bonds. The van der Waals surface area contributed by atoms with E-state index in [0.29, 0.717) is 0 Å². The number of thiol groups is 4. The normalized spacial score (nSPS) is 10.0. The van der Waals surface area contributed by atoms with Gasteiger partial charge in [-0.1, -0.05) is 0 Å². The standard InChI is InChI=1S/CH4S4.H2O/c2-1(3,4)5;/h2-5H;1H2. The van der Waals surface area contributed by atoms with E-state index >= 15 is 0 Å². The fourth-order valence-electron chi connectivity index (χ4n) is 0. The van der Waals surface area contributed by atoms with Gasteiger partial charge >= 0.3 is 0 Å². The molecule has 0 aliphatic carbocycles. The topological polar surface area (TPSA) is 31.5 Å². The van der Waals surface area contributed by atoms with Crippen molar-refractivity contribution in [2.24, 2.45) is 0 Å². The average Bonchev–Trinajstić information content (AvgIpc) is 0.722. The van der Waals surface area contributed by atoms with Crippen LogP contribution in [0.15, 0.2) is 0 Å². The monoisotopic (exact) mass is 162 g/mol. The molecule has 0 bridgehead atoms. The maximum atomic E-state index is 3.72. The molecule has 0 aromatic rings. The zero-order valence-electron chi connectivity index (χ0n) is 2.79. The van der Waals surface area contributed by atoms with Gasteiger partial charge in [0.25, 0.3) is 0 Å². The second-order valence-electron chi connectivity index (χ2n) is 0.600. The van der Waals surface area contributed by atoms with E-state index in [9.17, 15) is 0 Å². The Kier molecular flexibility index (Phi) is 5.83. The van der Waals surface area contributed by atoms with Gasteiger partial charge in [0, 0.05) is 0 Å². The molecular weight excluding hydrogens is 156 g/mol. The first kappa shape index (κ1) is 10.4. The molecule has 0 aliphatic rings. The first-order chi connectivity index (χ1) is 2.00. The van der Waals surface area contributed by atoms with Crippen LogP contribution < -0.4 is 0 Å². The maximum Gasteiger partial charge on any atom is 0.142 e. The SMILES string of the molecule is O.SC(S)(S)S. The van der Waals surface area contributed by atoms with Crippen LogP contribution in [-0.2, 0) is 0 Å². The summed E-state index contributed by atoms with van der Waals surface area (Å²) in [4.78, 5) is 0. The van der Waals surface area contributed by atoms with Crippen molar-refractivity contribution in [2.45, 2.75) is 2.74 Å². The van der Waals surface area contributed by atoms with Gasteiger partial charge < -0.3 is 5.48 Å². The minimum Gasteiger partial charge on any atom is -0.412 e. The maximum absolute atomic E-state index is 3.72. The molecule has 0 radical (unpaired) electrons. The average molecular weight is 162 g/mol. The van der Waals surface area contributed by atoms with Gasteiger partial charge in [-0.2, -0.15) is 0 Å². The Hall–Kier alpha value is 1.36. The summed E-state index contributed by atoms with van der Waals surface area (Å²) in [6.07, 6.45) is 0. The highest BCUT2D eigenvalue weighted by Crippen LogP contribution is 2.27. The van der Waals surface area contributed by atoms with Crippen LogP contribution in [0.5, 0.6) is 0 Å². The lowest BCUT2D eigenvalue weighted by Crippen LogP contribution is -1.82. The van der Waals surface area contributed by atoms with Crippen LogP contribution in [0.3, 0.4) is 0 Å². The summed E-state index contributed by atoms with van der Waals surface area (Å²) < 4.78 is -0.722. The van der Waals surface area contributed by atoms with Crippen molar-refractivity contribution in [3.05, 3.63) is 0 Å². The van der Waals surface area contributed by atoms with Crippen molar-refractivity contribution in [3.8, 4) is 0 Å². The second kappa shape index (κ2) is 3.37. The summed E-state index contributed by atoms with van der Waals surface area (Å²) in [5.74, 6) is 0. The van der Waals surface area contributed by atoms with E-state index in [-0.39, 0.29) is 5.48 Å². The predicted octanol–water partition coefficient (Wildman–Crippen LogP) is 0.492. The highest BCUT2D eigenvalue weighted by molar-refractivity contribution is 8.31. The van der Waals surface area contributed by atoms with Crippen LogP contribution in [0.2, 0.25) is 0 Å². The fourth-order valence-corrected chi connectivity index (χ4v) is 0. The second-order valence-corrected chi connectivity index (χ2v) is 5.40. The van der Waals surface area contributed by atoms with E-state index in [4.69, 9.17) is 0 Å². The van der Waals surface area contributed by atoms with Gasteiger partial charge in [-0.25, -0.2) is 0 Å². The molecule has 6 heavy (non-hydrogen) atoms. The zero-order valence-corrected chi connectivity index (χ0v) is 6.37. The molecule has 1 nitrogen and oxygen atoms in total. The highest BCUT2D eigenvalue weighted by atomic mass is 32.3. The smallest absolute Gasteiger partial charge is 0.142 e. The van der Waals surface area contributed by atoms with Crippen molar-refractivity contribution in [1.82, 2.24) is 0 Å². The molecule has 0 unspecified atom stereocenters. The van der Waals surface area contributed by atoms with E-state index in [0.717, 1.165) is 0 Å². The number of rotatable bonds is 0. The quantitative estimate of drug-likeness (QED) is 0.295. The molecule has 5 heteroatoms. The zero-order chi connectivity index (χ0) is 4.50. The van der Waals surface area contributed by atoms with E-state index in [1.165, 1.54) is 0 Å². The minimum absolute atomic E-state index is 0. The molecule has 0 aliphatic heterocycles. The molecule has 0 spiro atoms. The van der Waals surface area contributed by atoms with Crippen molar-refractivity contribution in [2.75, 3.05) is 0 Å². The Morgan fingerprint density at radius 1 is 0.833 bits per heavy atom.